The van der Waals surface area contributed by atoms with Gasteiger partial charge in [-0.3, -0.25) is 0 Å². The number of nitrogens with zero attached hydrogens (tertiary/aromatic N) is 1. The maximum atomic E-state index is 6.05. The van der Waals surface area contributed by atoms with Crippen molar-refractivity contribution in [2.75, 3.05) is 18.5 Å². The van der Waals surface area contributed by atoms with Gasteiger partial charge in [0.05, 0.1) is 0 Å². The molecule has 0 saturated carbocycles. The van der Waals surface area contributed by atoms with Crippen LogP contribution in [0.15, 0.2) is 12.1 Å². The molecule has 0 spiro atoms. The minimum Gasteiger partial charge on any atom is -0.373 e. The lowest BCUT2D eigenvalue weighted by Gasteiger charge is -2.29. The Labute approximate surface area is 99.5 Å². The Balaban J connectivity index is 3.00. The highest BCUT2D eigenvalue weighted by molar-refractivity contribution is 5.56. The maximum Gasteiger partial charge on any atom is 0.0396 e. The second-order valence-electron chi connectivity index (χ2n) is 5.57. The first-order chi connectivity index (χ1) is 7.20. The van der Waals surface area contributed by atoms with Crippen LogP contribution >= 0.6 is 0 Å². The molecule has 0 aliphatic heterocycles. The molecule has 2 heteroatoms. The van der Waals surface area contributed by atoms with Crippen molar-refractivity contribution in [3.8, 4) is 0 Å². The molecule has 0 heterocycles. The second kappa shape index (κ2) is 4.46. The highest BCUT2D eigenvalue weighted by atomic mass is 15.1. The van der Waals surface area contributed by atoms with Crippen LogP contribution in [-0.4, -0.2) is 19.1 Å². The SMILES string of the molecule is Cc1cc(C)c(N(C)CC(C)(C)N)cc1C. The zero-order chi connectivity index (χ0) is 12.5. The van der Waals surface area contributed by atoms with Crippen LogP contribution in [0.5, 0.6) is 0 Å². The summed E-state index contributed by atoms with van der Waals surface area (Å²) < 4.78 is 0. The molecule has 16 heavy (non-hydrogen) atoms. The van der Waals surface area contributed by atoms with Crippen LogP contribution < -0.4 is 10.6 Å². The number of aryl methyl sites for hydroxylation is 3. The summed E-state index contributed by atoms with van der Waals surface area (Å²) in [6, 6.07) is 4.49. The van der Waals surface area contributed by atoms with Crippen molar-refractivity contribution in [2.24, 2.45) is 5.73 Å². The van der Waals surface area contributed by atoms with E-state index < -0.39 is 0 Å². The lowest BCUT2D eigenvalue weighted by Crippen LogP contribution is -2.44. The predicted octanol–water partition coefficient (Wildman–Crippen LogP) is 2.79. The fraction of sp³-hybridized carbons (Fsp3) is 0.571. The maximum absolute atomic E-state index is 6.05. The van der Waals surface area contributed by atoms with Gasteiger partial charge in [0, 0.05) is 24.8 Å². The molecule has 0 aliphatic rings. The third kappa shape index (κ3) is 3.24. The molecule has 90 valence electrons. The Morgan fingerprint density at radius 1 is 1.06 bits per heavy atom. The molecule has 1 aromatic rings. The first-order valence-electron chi connectivity index (χ1n) is 5.78. The number of likely N-dealkylation sites (N-methyl/N-ethyl adjacent to an activating group) is 1. The quantitative estimate of drug-likeness (QED) is 0.848. The summed E-state index contributed by atoms with van der Waals surface area (Å²) >= 11 is 0. The predicted molar refractivity (Wildman–Crippen MR) is 72.2 cm³/mol. The van der Waals surface area contributed by atoms with E-state index in [4.69, 9.17) is 5.73 Å². The molecule has 1 aromatic carbocycles. The minimum absolute atomic E-state index is 0.167. The van der Waals surface area contributed by atoms with Crippen molar-refractivity contribution in [1.82, 2.24) is 0 Å². The van der Waals surface area contributed by atoms with Crippen molar-refractivity contribution in [2.45, 2.75) is 40.2 Å². The van der Waals surface area contributed by atoms with Gasteiger partial charge >= 0.3 is 0 Å². The molecule has 0 aliphatic carbocycles. The number of benzene rings is 1. The largest absolute Gasteiger partial charge is 0.373 e. The summed E-state index contributed by atoms with van der Waals surface area (Å²) in [7, 11) is 2.10. The van der Waals surface area contributed by atoms with Crippen LogP contribution in [0.4, 0.5) is 5.69 Å². The molecule has 0 radical (unpaired) electrons. The summed E-state index contributed by atoms with van der Waals surface area (Å²) in [4.78, 5) is 2.24. The molecule has 0 amide bonds. The molecular formula is C14H24N2. The number of nitrogens with two attached hydrogens (primary N) is 1. The minimum atomic E-state index is -0.167. The summed E-state index contributed by atoms with van der Waals surface area (Å²) in [5.41, 5.74) is 11.2. The normalized spacial score (nSPS) is 11.7. The highest BCUT2D eigenvalue weighted by Crippen LogP contribution is 2.23. The van der Waals surface area contributed by atoms with Crippen LogP contribution in [0, 0.1) is 20.8 Å². The van der Waals surface area contributed by atoms with E-state index in [1.54, 1.807) is 0 Å². The van der Waals surface area contributed by atoms with Crippen LogP contribution in [0.25, 0.3) is 0 Å². The Morgan fingerprint density at radius 3 is 2.06 bits per heavy atom. The molecule has 0 saturated heterocycles. The van der Waals surface area contributed by atoms with Gasteiger partial charge in [0.15, 0.2) is 0 Å². The lowest BCUT2D eigenvalue weighted by molar-refractivity contribution is 0.519. The number of hydrogen-bond donors (Lipinski definition) is 1. The average molecular weight is 220 g/mol. The monoisotopic (exact) mass is 220 g/mol. The van der Waals surface area contributed by atoms with Gasteiger partial charge in [-0.2, -0.15) is 0 Å². The van der Waals surface area contributed by atoms with Crippen molar-refractivity contribution in [3.05, 3.63) is 28.8 Å². The van der Waals surface area contributed by atoms with Crippen molar-refractivity contribution >= 4 is 5.69 Å². The smallest absolute Gasteiger partial charge is 0.0396 e. The average Bonchev–Trinajstić information content (AvgIpc) is 2.08. The molecule has 0 bridgehead atoms. The van der Waals surface area contributed by atoms with E-state index in [9.17, 15) is 0 Å². The fourth-order valence-electron chi connectivity index (χ4n) is 2.05. The van der Waals surface area contributed by atoms with E-state index in [1.165, 1.54) is 22.4 Å². The van der Waals surface area contributed by atoms with E-state index in [-0.39, 0.29) is 5.54 Å². The van der Waals surface area contributed by atoms with Crippen LogP contribution in [0.3, 0.4) is 0 Å². The van der Waals surface area contributed by atoms with Gasteiger partial charge in [0.25, 0.3) is 0 Å². The molecule has 1 rings (SSSR count). The first kappa shape index (κ1) is 13.0. The van der Waals surface area contributed by atoms with Gasteiger partial charge in [-0.25, -0.2) is 0 Å². The van der Waals surface area contributed by atoms with Crippen LogP contribution in [0.1, 0.15) is 30.5 Å². The number of rotatable bonds is 3. The van der Waals surface area contributed by atoms with Gasteiger partial charge < -0.3 is 10.6 Å². The van der Waals surface area contributed by atoms with E-state index in [1.807, 2.05) is 0 Å². The third-order valence-electron chi connectivity index (χ3n) is 2.87. The first-order valence-corrected chi connectivity index (χ1v) is 5.78. The number of anilines is 1. The van der Waals surface area contributed by atoms with Crippen LogP contribution in [0.2, 0.25) is 0 Å². The van der Waals surface area contributed by atoms with E-state index in [0.717, 1.165) is 6.54 Å². The van der Waals surface area contributed by atoms with Gasteiger partial charge in [0.1, 0.15) is 0 Å². The van der Waals surface area contributed by atoms with E-state index in [2.05, 4.69) is 58.7 Å². The zero-order valence-corrected chi connectivity index (χ0v) is 11.4. The molecular weight excluding hydrogens is 196 g/mol. The topological polar surface area (TPSA) is 29.3 Å². The highest BCUT2D eigenvalue weighted by Gasteiger charge is 2.15. The summed E-state index contributed by atoms with van der Waals surface area (Å²) in [6.07, 6.45) is 0. The van der Waals surface area contributed by atoms with Gasteiger partial charge in [-0.15, -0.1) is 0 Å². The van der Waals surface area contributed by atoms with Gasteiger partial charge in [0.2, 0.25) is 0 Å². The van der Waals surface area contributed by atoms with Crippen molar-refractivity contribution in [1.29, 1.82) is 0 Å². The van der Waals surface area contributed by atoms with Gasteiger partial charge in [-0.1, -0.05) is 6.07 Å². The molecule has 0 fully saturated rings. The summed E-state index contributed by atoms with van der Waals surface area (Å²) in [5.74, 6) is 0. The second-order valence-corrected chi connectivity index (χ2v) is 5.57. The Bertz CT molecular complexity index is 375. The summed E-state index contributed by atoms with van der Waals surface area (Å²) in [6.45, 7) is 11.4. The van der Waals surface area contributed by atoms with E-state index >= 15 is 0 Å². The van der Waals surface area contributed by atoms with Gasteiger partial charge in [-0.05, 0) is 57.4 Å². The third-order valence-corrected chi connectivity index (χ3v) is 2.87. The molecule has 2 nitrogen and oxygen atoms in total. The molecule has 0 aromatic heterocycles. The van der Waals surface area contributed by atoms with E-state index in [0.29, 0.717) is 0 Å². The fourth-order valence-corrected chi connectivity index (χ4v) is 2.05. The Morgan fingerprint density at radius 2 is 1.56 bits per heavy atom. The Kier molecular flexibility index (Phi) is 3.64. The Hall–Kier alpha value is -1.02. The standard InChI is InChI=1S/C14H24N2/c1-10-7-12(3)13(8-11(10)2)16(6)9-14(4,5)15/h7-8H,9,15H2,1-6H3. The summed E-state index contributed by atoms with van der Waals surface area (Å²) in [5, 5.41) is 0. The molecule has 0 unspecified atom stereocenters. The molecule has 2 N–H and O–H groups in total. The number of hydrogen-bond acceptors (Lipinski definition) is 2. The van der Waals surface area contributed by atoms with Crippen LogP contribution in [-0.2, 0) is 0 Å². The van der Waals surface area contributed by atoms with Crippen molar-refractivity contribution in [3.63, 3.8) is 0 Å². The van der Waals surface area contributed by atoms with Crippen molar-refractivity contribution < 1.29 is 0 Å². The molecule has 0 atom stereocenters. The lowest BCUT2D eigenvalue weighted by atomic mass is 10.0. The zero-order valence-electron chi connectivity index (χ0n) is 11.4.